The number of hydrogen-bond donors (Lipinski definition) is 1. The lowest BCUT2D eigenvalue weighted by atomic mass is 9.87. The molecule has 0 atom stereocenters. The highest BCUT2D eigenvalue weighted by Crippen LogP contribution is 2.31. The lowest BCUT2D eigenvalue weighted by Gasteiger charge is -2.28. The summed E-state index contributed by atoms with van der Waals surface area (Å²) in [6, 6.07) is 15.8. The first-order valence-corrected chi connectivity index (χ1v) is 11.6. The highest BCUT2D eigenvalue weighted by atomic mass is 16.5. The van der Waals surface area contributed by atoms with E-state index in [1.165, 1.54) is 10.5 Å². The fourth-order valence-corrected chi connectivity index (χ4v) is 4.15. The van der Waals surface area contributed by atoms with E-state index < -0.39 is 0 Å². The second kappa shape index (κ2) is 9.49. The van der Waals surface area contributed by atoms with Crippen molar-refractivity contribution in [3.05, 3.63) is 70.9 Å². The van der Waals surface area contributed by atoms with Crippen molar-refractivity contribution in [1.29, 1.82) is 0 Å². The van der Waals surface area contributed by atoms with Gasteiger partial charge in [-0.05, 0) is 35.6 Å². The molecule has 2 aliphatic rings. The van der Waals surface area contributed by atoms with Gasteiger partial charge in [-0.15, -0.1) is 0 Å². The lowest BCUT2D eigenvalue weighted by Crippen LogP contribution is -2.43. The Bertz CT molecular complexity index is 1040. The van der Waals surface area contributed by atoms with Crippen molar-refractivity contribution in [1.82, 2.24) is 9.80 Å². The first-order chi connectivity index (χ1) is 15.7. The van der Waals surface area contributed by atoms with Crippen molar-refractivity contribution < 1.29 is 14.3 Å². The minimum Gasteiger partial charge on any atom is -0.379 e. The van der Waals surface area contributed by atoms with Crippen molar-refractivity contribution >= 4 is 23.1 Å². The van der Waals surface area contributed by atoms with Crippen molar-refractivity contribution in [3.8, 4) is 0 Å². The number of ether oxygens (including phenoxy) is 1. The summed E-state index contributed by atoms with van der Waals surface area (Å²) >= 11 is 0. The van der Waals surface area contributed by atoms with E-state index in [2.05, 4.69) is 43.1 Å². The third-order valence-electron chi connectivity index (χ3n) is 6.27. The zero-order valence-electron chi connectivity index (χ0n) is 20.0. The number of morpholine rings is 1. The van der Waals surface area contributed by atoms with Gasteiger partial charge in [-0.2, -0.15) is 0 Å². The van der Waals surface area contributed by atoms with Crippen molar-refractivity contribution in [2.24, 2.45) is 0 Å². The Hall–Kier alpha value is -2.96. The van der Waals surface area contributed by atoms with Gasteiger partial charge in [0.15, 0.2) is 0 Å². The number of imide groups is 1. The minimum atomic E-state index is -0.274. The van der Waals surface area contributed by atoms with Gasteiger partial charge in [0.1, 0.15) is 5.70 Å². The standard InChI is InChI=1S/C27H33N3O3/c1-19-5-7-20(8-6-19)23-24(28-22-11-9-21(10-12-22)27(2,3)4)26(32)30(25(23)31)14-13-29-15-17-33-18-16-29/h5-12,28H,13-18H2,1-4H3. The molecule has 2 aliphatic heterocycles. The average molecular weight is 448 g/mol. The molecule has 0 spiro atoms. The number of anilines is 1. The first-order valence-electron chi connectivity index (χ1n) is 11.6. The number of nitrogens with one attached hydrogen (secondary N) is 1. The van der Waals surface area contributed by atoms with Gasteiger partial charge in [-0.1, -0.05) is 62.7 Å². The molecule has 2 aromatic carbocycles. The summed E-state index contributed by atoms with van der Waals surface area (Å²) in [7, 11) is 0. The summed E-state index contributed by atoms with van der Waals surface area (Å²) in [4.78, 5) is 30.4. The summed E-state index contributed by atoms with van der Waals surface area (Å²) in [6.07, 6.45) is 0. The van der Waals surface area contributed by atoms with Crippen LogP contribution in [-0.2, 0) is 19.7 Å². The largest absolute Gasteiger partial charge is 0.379 e. The van der Waals surface area contributed by atoms with Crippen LogP contribution in [0.3, 0.4) is 0 Å². The van der Waals surface area contributed by atoms with Crippen LogP contribution in [0.15, 0.2) is 54.2 Å². The van der Waals surface area contributed by atoms with Gasteiger partial charge < -0.3 is 10.1 Å². The molecule has 0 aliphatic carbocycles. The average Bonchev–Trinajstić information content (AvgIpc) is 3.02. The molecular formula is C27H33N3O3. The Morgan fingerprint density at radius 3 is 2.12 bits per heavy atom. The second-order valence-electron chi connectivity index (χ2n) is 9.78. The maximum absolute atomic E-state index is 13.4. The second-order valence-corrected chi connectivity index (χ2v) is 9.78. The maximum Gasteiger partial charge on any atom is 0.278 e. The van der Waals surface area contributed by atoms with Gasteiger partial charge in [0, 0.05) is 31.9 Å². The maximum atomic E-state index is 13.4. The van der Waals surface area contributed by atoms with Gasteiger partial charge in [-0.3, -0.25) is 19.4 Å². The fraction of sp³-hybridized carbons (Fsp3) is 0.407. The molecule has 4 rings (SSSR count). The Morgan fingerprint density at radius 1 is 0.879 bits per heavy atom. The Morgan fingerprint density at radius 2 is 1.52 bits per heavy atom. The quantitative estimate of drug-likeness (QED) is 0.683. The Kier molecular flexibility index (Phi) is 6.68. The van der Waals surface area contributed by atoms with E-state index in [-0.39, 0.29) is 17.2 Å². The number of hydrogen-bond acceptors (Lipinski definition) is 5. The van der Waals surface area contributed by atoms with E-state index in [1.54, 1.807) is 0 Å². The zero-order chi connectivity index (χ0) is 23.6. The summed E-state index contributed by atoms with van der Waals surface area (Å²) < 4.78 is 5.40. The number of carbonyl (C=O) groups excluding carboxylic acids is 2. The van der Waals surface area contributed by atoms with E-state index >= 15 is 0 Å². The molecule has 2 heterocycles. The number of aryl methyl sites for hydroxylation is 1. The van der Waals surface area contributed by atoms with Crippen LogP contribution in [0.5, 0.6) is 0 Å². The van der Waals surface area contributed by atoms with Crippen LogP contribution in [0.2, 0.25) is 0 Å². The molecule has 33 heavy (non-hydrogen) atoms. The number of benzene rings is 2. The van der Waals surface area contributed by atoms with Crippen LogP contribution in [-0.4, -0.2) is 61.0 Å². The molecule has 2 aromatic rings. The van der Waals surface area contributed by atoms with E-state index in [4.69, 9.17) is 4.74 Å². The predicted molar refractivity (Wildman–Crippen MR) is 131 cm³/mol. The third kappa shape index (κ3) is 5.18. The van der Waals surface area contributed by atoms with Crippen LogP contribution in [0.25, 0.3) is 5.57 Å². The monoisotopic (exact) mass is 447 g/mol. The highest BCUT2D eigenvalue weighted by molar-refractivity contribution is 6.36. The van der Waals surface area contributed by atoms with Crippen molar-refractivity contribution in [2.45, 2.75) is 33.1 Å². The van der Waals surface area contributed by atoms with Crippen LogP contribution in [0, 0.1) is 6.92 Å². The number of amides is 2. The molecule has 0 radical (unpaired) electrons. The molecule has 0 unspecified atom stereocenters. The SMILES string of the molecule is Cc1ccc(C2=C(Nc3ccc(C(C)(C)C)cc3)C(=O)N(CCN3CCOCC3)C2=O)cc1. The van der Waals surface area contributed by atoms with Gasteiger partial charge in [0.25, 0.3) is 11.8 Å². The molecule has 0 aromatic heterocycles. The van der Waals surface area contributed by atoms with Crippen LogP contribution in [0.1, 0.15) is 37.5 Å². The molecule has 6 heteroatoms. The van der Waals surface area contributed by atoms with Gasteiger partial charge in [0.05, 0.1) is 18.8 Å². The normalized spacial score (nSPS) is 17.8. The molecule has 0 bridgehead atoms. The highest BCUT2D eigenvalue weighted by Gasteiger charge is 2.39. The molecule has 6 nitrogen and oxygen atoms in total. The Labute approximate surface area is 196 Å². The molecule has 0 saturated carbocycles. The van der Waals surface area contributed by atoms with Gasteiger partial charge in [0.2, 0.25) is 0 Å². The molecule has 1 N–H and O–H groups in total. The molecule has 1 fully saturated rings. The zero-order valence-corrected chi connectivity index (χ0v) is 20.0. The van der Waals surface area contributed by atoms with Crippen molar-refractivity contribution in [2.75, 3.05) is 44.7 Å². The predicted octanol–water partition coefficient (Wildman–Crippen LogP) is 3.82. The van der Waals surface area contributed by atoms with Crippen LogP contribution < -0.4 is 5.32 Å². The Balaban J connectivity index is 1.61. The molecule has 1 saturated heterocycles. The number of nitrogens with zero attached hydrogens (tertiary/aromatic N) is 2. The van der Waals surface area contributed by atoms with Gasteiger partial charge >= 0.3 is 0 Å². The number of carbonyl (C=O) groups is 2. The molecule has 174 valence electrons. The van der Waals surface area contributed by atoms with E-state index in [1.807, 2.05) is 43.3 Å². The van der Waals surface area contributed by atoms with Crippen LogP contribution in [0.4, 0.5) is 5.69 Å². The first kappa shape index (κ1) is 23.2. The third-order valence-corrected chi connectivity index (χ3v) is 6.27. The molecular weight excluding hydrogens is 414 g/mol. The summed E-state index contributed by atoms with van der Waals surface area (Å²) in [5.74, 6) is -0.519. The summed E-state index contributed by atoms with van der Waals surface area (Å²) in [5, 5.41) is 3.26. The van der Waals surface area contributed by atoms with Crippen LogP contribution >= 0.6 is 0 Å². The van der Waals surface area contributed by atoms with E-state index in [0.29, 0.717) is 37.6 Å². The number of rotatable bonds is 6. The van der Waals surface area contributed by atoms with E-state index in [0.717, 1.165) is 29.9 Å². The summed E-state index contributed by atoms with van der Waals surface area (Å²) in [5.41, 5.74) is 4.67. The van der Waals surface area contributed by atoms with E-state index in [9.17, 15) is 9.59 Å². The topological polar surface area (TPSA) is 61.9 Å². The van der Waals surface area contributed by atoms with Crippen molar-refractivity contribution in [3.63, 3.8) is 0 Å². The minimum absolute atomic E-state index is 0.0420. The lowest BCUT2D eigenvalue weighted by molar-refractivity contribution is -0.137. The summed E-state index contributed by atoms with van der Waals surface area (Å²) in [6.45, 7) is 12.5. The molecule has 2 amide bonds. The fourth-order valence-electron chi connectivity index (χ4n) is 4.15. The smallest absolute Gasteiger partial charge is 0.278 e. The van der Waals surface area contributed by atoms with Gasteiger partial charge in [-0.25, -0.2) is 0 Å².